The van der Waals surface area contributed by atoms with Gasteiger partial charge in [-0.05, 0) is 69.6 Å². The molecule has 0 saturated heterocycles. The molecular weight excluding hydrogens is 546 g/mol. The second-order valence-corrected chi connectivity index (χ2v) is 10.9. The second kappa shape index (κ2) is 9.51. The predicted molar refractivity (Wildman–Crippen MR) is 138 cm³/mol. The molecule has 3 aromatic rings. The maximum atomic E-state index is 13.2. The minimum atomic E-state index is -0.998. The fourth-order valence-electron chi connectivity index (χ4n) is 3.30. The van der Waals surface area contributed by atoms with E-state index >= 15 is 0 Å². The fourth-order valence-corrected chi connectivity index (χ4v) is 3.58. The smallest absolute Gasteiger partial charge is 0.425 e. The van der Waals surface area contributed by atoms with Crippen molar-refractivity contribution in [3.05, 3.63) is 46.2 Å². The Kier molecular flexibility index (Phi) is 6.72. The van der Waals surface area contributed by atoms with E-state index in [4.69, 9.17) is 14.0 Å². The third-order valence-corrected chi connectivity index (χ3v) is 5.11. The molecule has 0 aliphatic carbocycles. The number of aromatic nitrogens is 3. The van der Waals surface area contributed by atoms with E-state index < -0.39 is 23.4 Å². The third-order valence-electron chi connectivity index (χ3n) is 4.73. The largest absolute Gasteiger partial charge is 0.443 e. The summed E-state index contributed by atoms with van der Waals surface area (Å²) in [6, 6.07) is 6.71. The zero-order valence-corrected chi connectivity index (χ0v) is 22.6. The zero-order valence-electron chi connectivity index (χ0n) is 21.0. The van der Waals surface area contributed by atoms with Crippen molar-refractivity contribution in [3.63, 3.8) is 0 Å². The molecule has 0 bridgehead atoms. The predicted octanol–water partition coefficient (Wildman–Crippen LogP) is 5.81. The third kappa shape index (κ3) is 5.91. The first kappa shape index (κ1) is 26.1. The van der Waals surface area contributed by atoms with Gasteiger partial charge < -0.3 is 14.0 Å². The van der Waals surface area contributed by atoms with Crippen LogP contribution < -0.4 is 4.90 Å². The average Bonchev–Trinajstić information content (AvgIpc) is 3.39. The van der Waals surface area contributed by atoms with Crippen LogP contribution in [-0.2, 0) is 9.47 Å². The van der Waals surface area contributed by atoms with Crippen LogP contribution in [0.5, 0.6) is 0 Å². The quantitative estimate of drug-likeness (QED) is 0.382. The average molecular weight is 570 g/mol. The number of imide groups is 1. The molecule has 0 radical (unpaired) electrons. The number of carbonyl (C=O) groups is 3. The van der Waals surface area contributed by atoms with Crippen LogP contribution in [-0.4, -0.2) is 50.6 Å². The van der Waals surface area contributed by atoms with E-state index in [9.17, 15) is 14.4 Å². The van der Waals surface area contributed by atoms with Crippen molar-refractivity contribution in [2.45, 2.75) is 52.7 Å². The highest BCUT2D eigenvalue weighted by atomic mass is 79.9. The SMILES string of the molecule is CC(C)(C)OC(=O)N(C(=O)OC(C)(C)C)c1ncc(Br)nc1-c1cc(-c2ccc3c(c2)C=NC3=O)no1. The van der Waals surface area contributed by atoms with Gasteiger partial charge in [0.2, 0.25) is 0 Å². The number of rotatable bonds is 3. The summed E-state index contributed by atoms with van der Waals surface area (Å²) in [6.07, 6.45) is 0.817. The number of nitrogens with zero attached hydrogens (tertiary/aromatic N) is 5. The highest BCUT2D eigenvalue weighted by Crippen LogP contribution is 2.34. The van der Waals surface area contributed by atoms with Gasteiger partial charge >= 0.3 is 12.2 Å². The fraction of sp³-hybridized carbons (Fsp3) is 0.320. The first-order chi connectivity index (χ1) is 17.2. The standard InChI is InChI=1S/C25H24BrN5O6/c1-24(2,3)35-22(33)31(23(34)36-25(4,5)6)20-19(29-18(26)12-27-20)17-10-16(30-37-17)13-7-8-15-14(9-13)11-28-21(15)32/h7-12H,1-6H3. The second-order valence-electron chi connectivity index (χ2n) is 10.1. The van der Waals surface area contributed by atoms with Gasteiger partial charge in [0.05, 0.1) is 11.8 Å². The van der Waals surface area contributed by atoms with Crippen molar-refractivity contribution in [1.82, 2.24) is 15.1 Å². The molecule has 1 aromatic carbocycles. The zero-order chi connectivity index (χ0) is 27.1. The van der Waals surface area contributed by atoms with E-state index in [2.05, 4.69) is 36.0 Å². The molecule has 0 unspecified atom stereocenters. The van der Waals surface area contributed by atoms with Crippen LogP contribution >= 0.6 is 15.9 Å². The van der Waals surface area contributed by atoms with Gasteiger partial charge in [0, 0.05) is 23.4 Å². The molecule has 192 valence electrons. The summed E-state index contributed by atoms with van der Waals surface area (Å²) in [5.74, 6) is -0.344. The van der Waals surface area contributed by atoms with Crippen molar-refractivity contribution in [3.8, 4) is 22.7 Å². The van der Waals surface area contributed by atoms with Crippen molar-refractivity contribution in [2.75, 3.05) is 4.90 Å². The Morgan fingerprint density at radius 2 is 1.65 bits per heavy atom. The van der Waals surface area contributed by atoms with E-state index in [-0.39, 0.29) is 23.2 Å². The maximum Gasteiger partial charge on any atom is 0.425 e. The minimum Gasteiger partial charge on any atom is -0.443 e. The van der Waals surface area contributed by atoms with E-state index in [1.54, 1.807) is 65.8 Å². The number of carbonyl (C=O) groups excluding carboxylic acids is 3. The molecule has 11 nitrogen and oxygen atoms in total. The number of amides is 3. The van der Waals surface area contributed by atoms with E-state index in [1.165, 1.54) is 12.4 Å². The van der Waals surface area contributed by atoms with Crippen LogP contribution in [0.1, 0.15) is 57.5 Å². The minimum absolute atomic E-state index is 0.0442. The van der Waals surface area contributed by atoms with Gasteiger partial charge in [-0.3, -0.25) is 4.79 Å². The number of anilines is 1. The summed E-state index contributed by atoms with van der Waals surface area (Å²) in [7, 11) is 0. The number of aliphatic imine (C=N–C) groups is 1. The lowest BCUT2D eigenvalue weighted by Gasteiger charge is -2.28. The normalized spacial score (nSPS) is 12.9. The Morgan fingerprint density at radius 1 is 1.00 bits per heavy atom. The lowest BCUT2D eigenvalue weighted by atomic mass is 10.0. The molecule has 37 heavy (non-hydrogen) atoms. The summed E-state index contributed by atoms with van der Waals surface area (Å²) in [5.41, 5.74) is 0.488. The molecule has 3 heterocycles. The topological polar surface area (TPSA) is 137 Å². The molecule has 0 saturated carbocycles. The summed E-state index contributed by atoms with van der Waals surface area (Å²) < 4.78 is 16.8. The number of hydrogen-bond acceptors (Lipinski definition) is 9. The van der Waals surface area contributed by atoms with Crippen LogP contribution in [0.3, 0.4) is 0 Å². The van der Waals surface area contributed by atoms with E-state index in [0.717, 1.165) is 0 Å². The molecule has 0 spiro atoms. The summed E-state index contributed by atoms with van der Waals surface area (Å²) in [4.78, 5) is 51.2. The van der Waals surface area contributed by atoms with Gasteiger partial charge in [-0.15, -0.1) is 0 Å². The summed E-state index contributed by atoms with van der Waals surface area (Å²) >= 11 is 3.27. The van der Waals surface area contributed by atoms with Gasteiger partial charge in [-0.1, -0.05) is 11.2 Å². The van der Waals surface area contributed by atoms with Crippen LogP contribution in [0.25, 0.3) is 22.7 Å². The molecule has 0 fully saturated rings. The molecule has 3 amide bonds. The van der Waals surface area contributed by atoms with E-state index in [0.29, 0.717) is 31.9 Å². The van der Waals surface area contributed by atoms with Gasteiger partial charge in [0.25, 0.3) is 5.91 Å². The van der Waals surface area contributed by atoms with Crippen LogP contribution in [0.4, 0.5) is 15.4 Å². The molecule has 0 N–H and O–H groups in total. The Bertz CT molecular complexity index is 1410. The molecule has 1 aliphatic rings. The summed E-state index contributed by atoms with van der Waals surface area (Å²) in [6.45, 7) is 10.0. The van der Waals surface area contributed by atoms with E-state index in [1.807, 2.05) is 0 Å². The summed E-state index contributed by atoms with van der Waals surface area (Å²) in [5, 5.41) is 4.11. The first-order valence-corrected chi connectivity index (χ1v) is 12.0. The molecular formula is C25H24BrN5O6. The van der Waals surface area contributed by atoms with Crippen LogP contribution in [0.2, 0.25) is 0 Å². The Balaban J connectivity index is 1.78. The Labute approximate surface area is 221 Å². The lowest BCUT2D eigenvalue weighted by Crippen LogP contribution is -2.44. The highest BCUT2D eigenvalue weighted by molar-refractivity contribution is 9.10. The molecule has 1 aliphatic heterocycles. The van der Waals surface area contributed by atoms with Crippen molar-refractivity contribution in [1.29, 1.82) is 0 Å². The monoisotopic (exact) mass is 569 g/mol. The first-order valence-electron chi connectivity index (χ1n) is 11.2. The molecule has 0 atom stereocenters. The number of halogens is 1. The molecule has 2 aromatic heterocycles. The van der Waals surface area contributed by atoms with Crippen molar-refractivity contribution >= 4 is 46.1 Å². The van der Waals surface area contributed by atoms with Crippen LogP contribution in [0, 0.1) is 0 Å². The van der Waals surface area contributed by atoms with Crippen molar-refractivity contribution in [2.24, 2.45) is 4.99 Å². The van der Waals surface area contributed by atoms with Gasteiger partial charge in [0.1, 0.15) is 21.5 Å². The Morgan fingerprint density at radius 3 is 2.27 bits per heavy atom. The number of fused-ring (bicyclic) bond motifs is 1. The van der Waals surface area contributed by atoms with Gasteiger partial charge in [0.15, 0.2) is 17.3 Å². The van der Waals surface area contributed by atoms with Gasteiger partial charge in [-0.25, -0.2) is 24.5 Å². The van der Waals surface area contributed by atoms with Gasteiger partial charge in [-0.2, -0.15) is 4.90 Å². The molecule has 4 rings (SSSR count). The lowest BCUT2D eigenvalue weighted by molar-refractivity contribution is 0.0428. The Hall–Kier alpha value is -3.93. The maximum absolute atomic E-state index is 13.2. The number of ether oxygens (including phenoxy) is 2. The van der Waals surface area contributed by atoms with Crippen LogP contribution in [0.15, 0.2) is 44.6 Å². The number of hydrogen-bond donors (Lipinski definition) is 0. The molecule has 12 heteroatoms. The van der Waals surface area contributed by atoms with Crippen molar-refractivity contribution < 1.29 is 28.4 Å². The highest BCUT2D eigenvalue weighted by Gasteiger charge is 2.36. The number of benzene rings is 1.